The van der Waals surface area contributed by atoms with Gasteiger partial charge in [0.1, 0.15) is 6.42 Å². The molecule has 0 aromatic rings. The Hall–Kier alpha value is 0.537. The van der Waals surface area contributed by atoms with Gasteiger partial charge in [0.15, 0.2) is 0 Å². The van der Waals surface area contributed by atoms with Crippen molar-refractivity contribution in [2.24, 2.45) is 11.3 Å². The van der Waals surface area contributed by atoms with E-state index in [1.807, 2.05) is 0 Å². The van der Waals surface area contributed by atoms with Gasteiger partial charge in [-0.3, -0.25) is 9.59 Å². The molecule has 0 bridgehead atoms. The van der Waals surface area contributed by atoms with E-state index in [-0.39, 0.29) is 29.6 Å². The number of carboxylic acids is 2. The van der Waals surface area contributed by atoms with E-state index in [4.69, 9.17) is 10.2 Å². The van der Waals surface area contributed by atoms with E-state index in [1.54, 1.807) is 0 Å². The first kappa shape index (κ1) is 21.8. The molecule has 1 fully saturated rings. The van der Waals surface area contributed by atoms with Crippen LogP contribution < -0.4 is 0 Å². The van der Waals surface area contributed by atoms with E-state index in [1.165, 1.54) is 25.7 Å². The number of rotatable bonds is 2. The molecule has 19 heavy (non-hydrogen) atoms. The molecule has 0 aromatic carbocycles. The first-order chi connectivity index (χ1) is 8.14. The zero-order valence-electron chi connectivity index (χ0n) is 11.9. The van der Waals surface area contributed by atoms with Gasteiger partial charge < -0.3 is 10.2 Å². The molecule has 4 nitrogen and oxygen atoms in total. The van der Waals surface area contributed by atoms with Gasteiger partial charge in [-0.2, -0.15) is 0 Å². The Balaban J connectivity index is 0. The minimum atomic E-state index is -1.31. The maximum atomic E-state index is 9.43. The van der Waals surface area contributed by atoms with Crippen molar-refractivity contribution in [1.29, 1.82) is 0 Å². The molecule has 1 aliphatic carbocycles. The predicted molar refractivity (Wildman–Crippen MR) is 78.0 cm³/mol. The Kier molecular flexibility index (Phi) is 11.8. The van der Waals surface area contributed by atoms with Crippen molar-refractivity contribution in [3.05, 3.63) is 0 Å². The van der Waals surface area contributed by atoms with Crippen LogP contribution in [-0.4, -0.2) is 69.4 Å². The van der Waals surface area contributed by atoms with E-state index in [0.29, 0.717) is 5.41 Å². The molecule has 0 radical (unpaired) electrons. The predicted octanol–water partition coefficient (Wildman–Crippen LogP) is 2.08. The van der Waals surface area contributed by atoms with Crippen LogP contribution in [0, 0.1) is 11.3 Å². The molecule has 102 valence electrons. The molecule has 2 unspecified atom stereocenters. The fraction of sp³-hybridized carbons (Fsp3) is 0.846. The molecule has 0 spiro atoms. The van der Waals surface area contributed by atoms with Crippen LogP contribution >= 0.6 is 0 Å². The van der Waals surface area contributed by atoms with Crippen LogP contribution in [-0.2, 0) is 9.59 Å². The minimum absolute atomic E-state index is 0. The molecule has 1 saturated carbocycles. The van der Waals surface area contributed by atoms with Crippen molar-refractivity contribution < 1.29 is 19.8 Å². The quantitative estimate of drug-likeness (QED) is 0.597. The number of carbonyl (C=O) groups is 2. The summed E-state index contributed by atoms with van der Waals surface area (Å²) in [5, 5.41) is 15.4. The zero-order valence-corrected chi connectivity index (χ0v) is 11.9. The number of aliphatic carboxylic acids is 2. The van der Waals surface area contributed by atoms with Crippen LogP contribution in [0.15, 0.2) is 0 Å². The van der Waals surface area contributed by atoms with Crippen molar-refractivity contribution in [1.82, 2.24) is 0 Å². The second kappa shape index (κ2) is 10.3. The van der Waals surface area contributed by atoms with Crippen LogP contribution in [0.5, 0.6) is 0 Å². The van der Waals surface area contributed by atoms with E-state index in [9.17, 15) is 9.59 Å². The maximum absolute atomic E-state index is 9.43. The third-order valence-electron chi connectivity index (χ3n) is 3.53. The van der Waals surface area contributed by atoms with Crippen LogP contribution in [0.25, 0.3) is 0 Å². The third-order valence-corrected chi connectivity index (χ3v) is 3.53. The summed E-state index contributed by atoms with van der Waals surface area (Å²) in [5.74, 6) is -1.66. The number of hydrogen-bond acceptors (Lipinski definition) is 2. The summed E-state index contributed by atoms with van der Waals surface area (Å²) < 4.78 is 0.962. The van der Waals surface area contributed by atoms with Gasteiger partial charge in [0.25, 0.3) is 0 Å². The van der Waals surface area contributed by atoms with E-state index in [0.717, 1.165) is 10.5 Å². The van der Waals surface area contributed by atoms with Crippen molar-refractivity contribution in [2.75, 3.05) is 0 Å². The van der Waals surface area contributed by atoms with E-state index < -0.39 is 18.4 Å². The first-order valence-corrected chi connectivity index (χ1v) is 6.58. The van der Waals surface area contributed by atoms with Crippen molar-refractivity contribution in [2.45, 2.75) is 57.5 Å². The van der Waals surface area contributed by atoms with Gasteiger partial charge in [-0.05, 0) is 0 Å². The molecular formula is C13H24LiNaO4. The molecule has 0 aromatic heterocycles. The molecule has 2 atom stereocenters. The fourth-order valence-corrected chi connectivity index (χ4v) is 2.73. The summed E-state index contributed by atoms with van der Waals surface area (Å²) in [7, 11) is 0. The van der Waals surface area contributed by atoms with Crippen LogP contribution in [0.2, 0.25) is 4.59 Å². The fourth-order valence-electron chi connectivity index (χ4n) is 2.73. The summed E-state index contributed by atoms with van der Waals surface area (Å²) in [6.45, 7) is 7.17. The molecule has 1 aliphatic rings. The first-order valence-electron chi connectivity index (χ1n) is 6.58. The average molecular weight is 274 g/mol. The van der Waals surface area contributed by atoms with Gasteiger partial charge in [-0.1, -0.05) is 0 Å². The van der Waals surface area contributed by atoms with Crippen LogP contribution in [0.1, 0.15) is 52.9 Å². The number of hydrogen-bond donors (Lipinski definition) is 2. The molecule has 0 aliphatic heterocycles. The van der Waals surface area contributed by atoms with Crippen LogP contribution in [0.4, 0.5) is 0 Å². The van der Waals surface area contributed by atoms with Crippen molar-refractivity contribution in [3.63, 3.8) is 0 Å². The van der Waals surface area contributed by atoms with Gasteiger partial charge in [0.2, 0.25) is 0 Å². The standard InChI is InChI=1S/C10H19.C3H4O4.Li.Na.H/c1-10(2,3)9-7-5-4-6-8-9;4-2(5)1-3(6)7;;;/h7,9H,4-6,8H2,1-3H3;1H2,(H,4,5)(H,6,7);;;. The van der Waals surface area contributed by atoms with E-state index in [2.05, 4.69) is 38.5 Å². The summed E-state index contributed by atoms with van der Waals surface area (Å²) in [6.07, 6.45) is 5.05. The molecular weight excluding hydrogens is 250 g/mol. The van der Waals surface area contributed by atoms with Gasteiger partial charge in [-0.15, -0.1) is 0 Å². The number of carboxylic acid groups (broad SMARTS) is 2. The molecule has 0 heterocycles. The molecule has 0 saturated heterocycles. The average Bonchev–Trinajstić information content (AvgIpc) is 2.14. The Labute approximate surface area is 147 Å². The summed E-state index contributed by atoms with van der Waals surface area (Å²) in [6, 6.07) is 0. The Morgan fingerprint density at radius 1 is 1.11 bits per heavy atom. The monoisotopic (exact) mass is 274 g/mol. The second-order valence-corrected chi connectivity index (χ2v) is 6.20. The molecule has 1 rings (SSSR count). The zero-order chi connectivity index (χ0) is 14.3. The van der Waals surface area contributed by atoms with Gasteiger partial charge >= 0.3 is 122 Å². The van der Waals surface area contributed by atoms with E-state index >= 15 is 0 Å². The van der Waals surface area contributed by atoms with Crippen LogP contribution in [0.3, 0.4) is 0 Å². The normalized spacial score (nSPS) is 22.6. The Morgan fingerprint density at radius 2 is 1.53 bits per heavy atom. The summed E-state index contributed by atoms with van der Waals surface area (Å²) in [5.41, 5.74) is 0.542. The molecule has 6 heteroatoms. The third kappa shape index (κ3) is 10.9. The van der Waals surface area contributed by atoms with Gasteiger partial charge in [0, 0.05) is 0 Å². The summed E-state index contributed by atoms with van der Waals surface area (Å²) >= 11 is 2.43. The Morgan fingerprint density at radius 3 is 1.74 bits per heavy atom. The second-order valence-electron chi connectivity index (χ2n) is 6.20. The summed E-state index contributed by atoms with van der Waals surface area (Å²) in [4.78, 5) is 18.9. The van der Waals surface area contributed by atoms with Crippen molar-refractivity contribution in [3.8, 4) is 0 Å². The van der Waals surface area contributed by atoms with Gasteiger partial charge in [0.05, 0.1) is 0 Å². The molecule has 2 N–H and O–H groups in total. The SMILES string of the molecule is O=C(O)CC(=O)O.[Li][CH]1CCCCC1C(C)(C)C.[NaH]. The topological polar surface area (TPSA) is 74.6 Å². The molecule has 0 amide bonds. The van der Waals surface area contributed by atoms with Gasteiger partial charge in [-0.25, -0.2) is 0 Å². The Bertz CT molecular complexity index is 277. The van der Waals surface area contributed by atoms with Crippen molar-refractivity contribution >= 4 is 59.2 Å².